The standard InChI is InChI=1S/C17H22N2O/c1-13-7-8-14-5-4-6-16(17(14)19-13)20-12-3-2-11-18-15-9-10-15/h4-8,15,18H,2-3,9-12H2,1H3. The number of rotatable bonds is 7. The average Bonchev–Trinajstić information content (AvgIpc) is 3.27. The van der Waals surface area contributed by atoms with Gasteiger partial charge in [0.15, 0.2) is 0 Å². The van der Waals surface area contributed by atoms with Gasteiger partial charge in [-0.1, -0.05) is 18.2 Å². The summed E-state index contributed by atoms with van der Waals surface area (Å²) in [5.74, 6) is 0.904. The molecule has 1 aliphatic carbocycles. The molecule has 0 unspecified atom stereocenters. The van der Waals surface area contributed by atoms with E-state index in [0.29, 0.717) is 0 Å². The number of fused-ring (bicyclic) bond motifs is 1. The minimum atomic E-state index is 0.765. The van der Waals surface area contributed by atoms with Gasteiger partial charge >= 0.3 is 0 Å². The number of nitrogens with one attached hydrogen (secondary N) is 1. The van der Waals surface area contributed by atoms with Crippen LogP contribution in [-0.4, -0.2) is 24.2 Å². The summed E-state index contributed by atoms with van der Waals surface area (Å²) in [7, 11) is 0. The molecule has 3 heteroatoms. The molecule has 0 aliphatic heterocycles. The fraction of sp³-hybridized carbons (Fsp3) is 0.471. The Labute approximate surface area is 120 Å². The Hall–Kier alpha value is -1.61. The largest absolute Gasteiger partial charge is 0.491 e. The van der Waals surface area contributed by atoms with Crippen molar-refractivity contribution in [2.24, 2.45) is 0 Å². The van der Waals surface area contributed by atoms with E-state index in [4.69, 9.17) is 4.74 Å². The smallest absolute Gasteiger partial charge is 0.145 e. The lowest BCUT2D eigenvalue weighted by Crippen LogP contribution is -2.17. The quantitative estimate of drug-likeness (QED) is 0.782. The molecule has 0 amide bonds. The third kappa shape index (κ3) is 3.48. The molecule has 1 N–H and O–H groups in total. The topological polar surface area (TPSA) is 34.1 Å². The molecule has 1 aliphatic rings. The highest BCUT2D eigenvalue weighted by Gasteiger charge is 2.19. The van der Waals surface area contributed by atoms with Crippen LogP contribution < -0.4 is 10.1 Å². The summed E-state index contributed by atoms with van der Waals surface area (Å²) in [5.41, 5.74) is 2.01. The molecule has 1 fully saturated rings. The zero-order valence-electron chi connectivity index (χ0n) is 12.1. The van der Waals surface area contributed by atoms with Gasteiger partial charge in [-0.15, -0.1) is 0 Å². The number of hydrogen-bond donors (Lipinski definition) is 1. The van der Waals surface area contributed by atoms with Crippen LogP contribution in [0.4, 0.5) is 0 Å². The van der Waals surface area contributed by atoms with Gasteiger partial charge in [-0.2, -0.15) is 0 Å². The number of ether oxygens (including phenoxy) is 1. The first-order chi connectivity index (χ1) is 9.83. The van der Waals surface area contributed by atoms with E-state index in [9.17, 15) is 0 Å². The van der Waals surface area contributed by atoms with E-state index in [1.807, 2.05) is 25.1 Å². The molecular formula is C17H22N2O. The number of pyridine rings is 1. The summed E-state index contributed by atoms with van der Waals surface area (Å²) >= 11 is 0. The van der Waals surface area contributed by atoms with Crippen LogP contribution in [-0.2, 0) is 0 Å². The van der Waals surface area contributed by atoms with Crippen LogP contribution in [0.3, 0.4) is 0 Å². The maximum Gasteiger partial charge on any atom is 0.145 e. The lowest BCUT2D eigenvalue weighted by molar-refractivity contribution is 0.308. The summed E-state index contributed by atoms with van der Waals surface area (Å²) < 4.78 is 5.91. The number of hydrogen-bond acceptors (Lipinski definition) is 3. The first-order valence-electron chi connectivity index (χ1n) is 7.55. The second kappa shape index (κ2) is 6.23. The van der Waals surface area contributed by atoms with Crippen molar-refractivity contribution in [2.45, 2.75) is 38.6 Å². The molecule has 0 spiro atoms. The zero-order chi connectivity index (χ0) is 13.8. The van der Waals surface area contributed by atoms with Crippen molar-refractivity contribution in [3.63, 3.8) is 0 Å². The van der Waals surface area contributed by atoms with Crippen LogP contribution in [0.15, 0.2) is 30.3 Å². The van der Waals surface area contributed by atoms with Gasteiger partial charge in [0.25, 0.3) is 0 Å². The Kier molecular flexibility index (Phi) is 4.16. The monoisotopic (exact) mass is 270 g/mol. The summed E-state index contributed by atoms with van der Waals surface area (Å²) in [6.45, 7) is 3.89. The number of para-hydroxylation sites is 1. The normalized spacial score (nSPS) is 14.7. The van der Waals surface area contributed by atoms with Crippen LogP contribution in [0.2, 0.25) is 0 Å². The van der Waals surface area contributed by atoms with Crippen molar-refractivity contribution in [3.8, 4) is 5.75 Å². The second-order valence-electron chi connectivity index (χ2n) is 5.56. The molecule has 1 aromatic carbocycles. The average molecular weight is 270 g/mol. The van der Waals surface area contributed by atoms with E-state index in [-0.39, 0.29) is 0 Å². The number of aryl methyl sites for hydroxylation is 1. The van der Waals surface area contributed by atoms with Crippen molar-refractivity contribution in [1.82, 2.24) is 10.3 Å². The maximum atomic E-state index is 5.91. The highest BCUT2D eigenvalue weighted by molar-refractivity contribution is 5.84. The number of unbranched alkanes of at least 4 members (excludes halogenated alkanes) is 1. The van der Waals surface area contributed by atoms with Gasteiger partial charge in [0, 0.05) is 17.1 Å². The molecule has 1 aromatic heterocycles. The molecule has 1 saturated carbocycles. The first-order valence-corrected chi connectivity index (χ1v) is 7.55. The molecule has 0 bridgehead atoms. The SMILES string of the molecule is Cc1ccc2cccc(OCCCCNC3CC3)c2n1. The fourth-order valence-electron chi connectivity index (χ4n) is 2.34. The molecule has 2 aromatic rings. The molecule has 1 heterocycles. The third-order valence-electron chi connectivity index (χ3n) is 3.66. The van der Waals surface area contributed by atoms with Crippen molar-refractivity contribution in [3.05, 3.63) is 36.0 Å². The van der Waals surface area contributed by atoms with Crippen molar-refractivity contribution >= 4 is 10.9 Å². The molecule has 106 valence electrons. The molecule has 0 atom stereocenters. The molecule has 20 heavy (non-hydrogen) atoms. The summed E-state index contributed by atoms with van der Waals surface area (Å²) in [6, 6.07) is 11.1. The summed E-state index contributed by atoms with van der Waals surface area (Å²) in [6.07, 6.45) is 4.98. The third-order valence-corrected chi connectivity index (χ3v) is 3.66. The van der Waals surface area contributed by atoms with Gasteiger partial charge in [0.1, 0.15) is 11.3 Å². The minimum Gasteiger partial charge on any atom is -0.491 e. The minimum absolute atomic E-state index is 0.765. The Morgan fingerprint density at radius 2 is 2.10 bits per heavy atom. The number of aromatic nitrogens is 1. The summed E-state index contributed by atoms with van der Waals surface area (Å²) in [4.78, 5) is 4.58. The van der Waals surface area contributed by atoms with Gasteiger partial charge in [0.05, 0.1) is 6.61 Å². The predicted octanol–water partition coefficient (Wildman–Crippen LogP) is 3.45. The molecule has 3 nitrogen and oxygen atoms in total. The van der Waals surface area contributed by atoms with E-state index >= 15 is 0 Å². The van der Waals surface area contributed by atoms with E-state index in [0.717, 1.165) is 48.0 Å². The first kappa shape index (κ1) is 13.4. The van der Waals surface area contributed by atoms with Crippen LogP contribution in [0, 0.1) is 6.92 Å². The van der Waals surface area contributed by atoms with Crippen LogP contribution in [0.25, 0.3) is 10.9 Å². The Bertz CT molecular complexity index is 578. The van der Waals surface area contributed by atoms with E-state index in [1.54, 1.807) is 0 Å². The lowest BCUT2D eigenvalue weighted by atomic mass is 10.2. The van der Waals surface area contributed by atoms with Gasteiger partial charge < -0.3 is 10.1 Å². The molecule has 0 radical (unpaired) electrons. The van der Waals surface area contributed by atoms with Crippen LogP contribution in [0.5, 0.6) is 5.75 Å². The van der Waals surface area contributed by atoms with Gasteiger partial charge in [-0.05, 0) is 51.3 Å². The van der Waals surface area contributed by atoms with Crippen LogP contribution >= 0.6 is 0 Å². The predicted molar refractivity (Wildman–Crippen MR) is 82.2 cm³/mol. The lowest BCUT2D eigenvalue weighted by Gasteiger charge is -2.09. The highest BCUT2D eigenvalue weighted by atomic mass is 16.5. The van der Waals surface area contributed by atoms with E-state index in [2.05, 4.69) is 22.4 Å². The molecular weight excluding hydrogens is 248 g/mol. The number of benzene rings is 1. The van der Waals surface area contributed by atoms with Gasteiger partial charge in [-0.25, -0.2) is 4.98 Å². The Morgan fingerprint density at radius 3 is 2.95 bits per heavy atom. The molecule has 3 rings (SSSR count). The summed E-state index contributed by atoms with van der Waals surface area (Å²) in [5, 5.41) is 4.67. The van der Waals surface area contributed by atoms with Crippen molar-refractivity contribution in [1.29, 1.82) is 0 Å². The van der Waals surface area contributed by atoms with Crippen molar-refractivity contribution in [2.75, 3.05) is 13.2 Å². The van der Waals surface area contributed by atoms with Gasteiger partial charge in [-0.3, -0.25) is 0 Å². The van der Waals surface area contributed by atoms with Crippen LogP contribution in [0.1, 0.15) is 31.4 Å². The van der Waals surface area contributed by atoms with Gasteiger partial charge in [0.2, 0.25) is 0 Å². The Balaban J connectivity index is 1.52. The second-order valence-corrected chi connectivity index (χ2v) is 5.56. The fourth-order valence-corrected chi connectivity index (χ4v) is 2.34. The maximum absolute atomic E-state index is 5.91. The molecule has 0 saturated heterocycles. The zero-order valence-corrected chi connectivity index (χ0v) is 12.1. The van der Waals surface area contributed by atoms with E-state index in [1.165, 1.54) is 19.3 Å². The Morgan fingerprint density at radius 1 is 1.20 bits per heavy atom. The van der Waals surface area contributed by atoms with E-state index < -0.39 is 0 Å². The number of nitrogens with zero attached hydrogens (tertiary/aromatic N) is 1. The van der Waals surface area contributed by atoms with Crippen molar-refractivity contribution < 1.29 is 4.74 Å². The highest BCUT2D eigenvalue weighted by Crippen LogP contribution is 2.24.